The summed E-state index contributed by atoms with van der Waals surface area (Å²) in [5, 5.41) is 0. The molecule has 1 fully saturated rings. The second kappa shape index (κ2) is 6.17. The van der Waals surface area contributed by atoms with Crippen molar-refractivity contribution in [1.29, 1.82) is 0 Å². The van der Waals surface area contributed by atoms with Gasteiger partial charge in [-0.1, -0.05) is 25.7 Å². The molecule has 1 heterocycles. The average molecular weight is 236 g/mol. The first-order valence-corrected chi connectivity index (χ1v) is 6.72. The van der Waals surface area contributed by atoms with E-state index in [1.54, 1.807) is 0 Å². The molecule has 1 aromatic rings. The molecule has 0 bridgehead atoms. The molecular formula is C13H24N4. The minimum Gasteiger partial charge on any atom is -0.338 e. The molecule has 1 unspecified atom stereocenters. The van der Waals surface area contributed by atoms with Gasteiger partial charge in [-0.25, -0.2) is 4.98 Å². The Hall–Kier alpha value is -0.870. The SMILES string of the molecule is Cn1ccnc1CC(CCC1CCCC1)NN. The lowest BCUT2D eigenvalue weighted by Gasteiger charge is -2.17. The van der Waals surface area contributed by atoms with Crippen molar-refractivity contribution in [3.63, 3.8) is 0 Å². The summed E-state index contributed by atoms with van der Waals surface area (Å²) < 4.78 is 2.07. The highest BCUT2D eigenvalue weighted by molar-refractivity contribution is 4.94. The fraction of sp³-hybridized carbons (Fsp3) is 0.769. The number of aromatic nitrogens is 2. The molecule has 3 N–H and O–H groups in total. The van der Waals surface area contributed by atoms with Crippen LogP contribution in [0.3, 0.4) is 0 Å². The number of nitrogens with one attached hydrogen (secondary N) is 1. The third-order valence-corrected chi connectivity index (χ3v) is 3.98. The quantitative estimate of drug-likeness (QED) is 0.584. The summed E-state index contributed by atoms with van der Waals surface area (Å²) in [6.07, 6.45) is 12.9. The van der Waals surface area contributed by atoms with Gasteiger partial charge in [-0.2, -0.15) is 0 Å². The summed E-state index contributed by atoms with van der Waals surface area (Å²) in [6.45, 7) is 0. The van der Waals surface area contributed by atoms with Crippen molar-refractivity contribution in [3.05, 3.63) is 18.2 Å². The highest BCUT2D eigenvalue weighted by Gasteiger charge is 2.17. The Morgan fingerprint density at radius 1 is 1.53 bits per heavy atom. The Labute approximate surface area is 104 Å². The van der Waals surface area contributed by atoms with Crippen molar-refractivity contribution >= 4 is 0 Å². The van der Waals surface area contributed by atoms with Crippen molar-refractivity contribution in [1.82, 2.24) is 15.0 Å². The van der Waals surface area contributed by atoms with Gasteiger partial charge in [0.2, 0.25) is 0 Å². The molecule has 1 aromatic heterocycles. The van der Waals surface area contributed by atoms with Gasteiger partial charge < -0.3 is 4.57 Å². The maximum Gasteiger partial charge on any atom is 0.109 e. The van der Waals surface area contributed by atoms with Crippen LogP contribution in [0, 0.1) is 5.92 Å². The number of aryl methyl sites for hydroxylation is 1. The second-order valence-electron chi connectivity index (χ2n) is 5.25. The third kappa shape index (κ3) is 3.54. The molecular weight excluding hydrogens is 212 g/mol. The van der Waals surface area contributed by atoms with Crippen molar-refractivity contribution in [3.8, 4) is 0 Å². The number of rotatable bonds is 6. The molecule has 1 aliphatic rings. The van der Waals surface area contributed by atoms with Gasteiger partial charge >= 0.3 is 0 Å². The van der Waals surface area contributed by atoms with E-state index in [0.717, 1.165) is 24.6 Å². The summed E-state index contributed by atoms with van der Waals surface area (Å²) in [5.41, 5.74) is 2.94. The molecule has 2 rings (SSSR count). The van der Waals surface area contributed by atoms with Crippen molar-refractivity contribution < 1.29 is 0 Å². The van der Waals surface area contributed by atoms with Gasteiger partial charge in [-0.3, -0.25) is 11.3 Å². The van der Waals surface area contributed by atoms with Crippen LogP contribution in [0.25, 0.3) is 0 Å². The second-order valence-corrected chi connectivity index (χ2v) is 5.25. The molecule has 0 amide bonds. The number of hydrazine groups is 1. The van der Waals surface area contributed by atoms with Gasteiger partial charge in [0.25, 0.3) is 0 Å². The summed E-state index contributed by atoms with van der Waals surface area (Å²) in [6, 6.07) is 0.358. The minimum absolute atomic E-state index is 0.358. The standard InChI is InChI=1S/C13H24N4/c1-17-9-8-15-13(17)10-12(16-14)7-6-11-4-2-3-5-11/h8-9,11-12,16H,2-7,10,14H2,1H3. The molecule has 0 aliphatic heterocycles. The first-order chi connectivity index (χ1) is 8.29. The van der Waals surface area contributed by atoms with E-state index in [1.807, 2.05) is 19.4 Å². The molecule has 0 saturated heterocycles. The molecule has 17 heavy (non-hydrogen) atoms. The lowest BCUT2D eigenvalue weighted by atomic mass is 9.97. The Bertz CT molecular complexity index is 328. The highest BCUT2D eigenvalue weighted by Crippen LogP contribution is 2.29. The Morgan fingerprint density at radius 2 is 2.29 bits per heavy atom. The van der Waals surface area contributed by atoms with Crippen molar-refractivity contribution in [2.24, 2.45) is 18.8 Å². The van der Waals surface area contributed by atoms with E-state index in [9.17, 15) is 0 Å². The molecule has 0 spiro atoms. The lowest BCUT2D eigenvalue weighted by Crippen LogP contribution is -2.37. The number of imidazole rings is 1. The van der Waals surface area contributed by atoms with E-state index in [-0.39, 0.29) is 0 Å². The maximum atomic E-state index is 5.64. The topological polar surface area (TPSA) is 55.9 Å². The van der Waals surface area contributed by atoms with E-state index >= 15 is 0 Å². The zero-order chi connectivity index (χ0) is 12.1. The largest absolute Gasteiger partial charge is 0.338 e. The molecule has 0 radical (unpaired) electrons. The Morgan fingerprint density at radius 3 is 2.88 bits per heavy atom. The highest BCUT2D eigenvalue weighted by atomic mass is 15.2. The molecule has 4 nitrogen and oxygen atoms in total. The van der Waals surface area contributed by atoms with Crippen LogP contribution in [0.2, 0.25) is 0 Å². The summed E-state index contributed by atoms with van der Waals surface area (Å²) in [7, 11) is 2.03. The van der Waals surface area contributed by atoms with Crippen LogP contribution in [0.4, 0.5) is 0 Å². The van der Waals surface area contributed by atoms with E-state index < -0.39 is 0 Å². The Kier molecular flexibility index (Phi) is 4.57. The summed E-state index contributed by atoms with van der Waals surface area (Å²) in [4.78, 5) is 4.35. The van der Waals surface area contributed by atoms with E-state index in [1.165, 1.54) is 32.1 Å². The maximum absolute atomic E-state index is 5.64. The Balaban J connectivity index is 1.78. The first-order valence-electron chi connectivity index (χ1n) is 6.72. The summed E-state index contributed by atoms with van der Waals surface area (Å²) in [5.74, 6) is 7.68. The predicted octanol–water partition coefficient (Wildman–Crippen LogP) is 1.76. The van der Waals surface area contributed by atoms with Gasteiger partial charge in [0.1, 0.15) is 5.82 Å². The van der Waals surface area contributed by atoms with Crippen LogP contribution in [-0.4, -0.2) is 15.6 Å². The van der Waals surface area contributed by atoms with E-state index in [4.69, 9.17) is 5.84 Å². The molecule has 1 atom stereocenters. The average Bonchev–Trinajstić information content (AvgIpc) is 2.96. The first kappa shape index (κ1) is 12.6. The van der Waals surface area contributed by atoms with Crippen LogP contribution in [0.5, 0.6) is 0 Å². The van der Waals surface area contributed by atoms with Crippen LogP contribution < -0.4 is 11.3 Å². The normalized spacial score (nSPS) is 18.7. The number of nitrogens with zero attached hydrogens (tertiary/aromatic N) is 2. The molecule has 1 saturated carbocycles. The van der Waals surface area contributed by atoms with Gasteiger partial charge in [-0.15, -0.1) is 0 Å². The molecule has 1 aliphatic carbocycles. The number of hydrogen-bond donors (Lipinski definition) is 2. The van der Waals surface area contributed by atoms with Crippen LogP contribution in [0.1, 0.15) is 44.3 Å². The third-order valence-electron chi connectivity index (χ3n) is 3.98. The predicted molar refractivity (Wildman–Crippen MR) is 69.2 cm³/mol. The van der Waals surface area contributed by atoms with Crippen LogP contribution >= 0.6 is 0 Å². The van der Waals surface area contributed by atoms with Crippen LogP contribution in [-0.2, 0) is 13.5 Å². The lowest BCUT2D eigenvalue weighted by molar-refractivity contribution is 0.401. The van der Waals surface area contributed by atoms with E-state index in [0.29, 0.717) is 6.04 Å². The van der Waals surface area contributed by atoms with Gasteiger partial charge in [0.05, 0.1) is 0 Å². The van der Waals surface area contributed by atoms with Gasteiger partial charge in [0, 0.05) is 31.9 Å². The monoisotopic (exact) mass is 236 g/mol. The molecule has 0 aromatic carbocycles. The molecule has 96 valence electrons. The number of nitrogens with two attached hydrogens (primary N) is 1. The number of hydrogen-bond acceptors (Lipinski definition) is 3. The van der Waals surface area contributed by atoms with Crippen molar-refractivity contribution in [2.45, 2.75) is 51.0 Å². The zero-order valence-electron chi connectivity index (χ0n) is 10.7. The fourth-order valence-electron chi connectivity index (χ4n) is 2.79. The zero-order valence-corrected chi connectivity index (χ0v) is 10.7. The summed E-state index contributed by atoms with van der Waals surface area (Å²) >= 11 is 0. The van der Waals surface area contributed by atoms with Gasteiger partial charge in [-0.05, 0) is 18.8 Å². The van der Waals surface area contributed by atoms with Crippen molar-refractivity contribution in [2.75, 3.05) is 0 Å². The van der Waals surface area contributed by atoms with Crippen LogP contribution in [0.15, 0.2) is 12.4 Å². The van der Waals surface area contributed by atoms with E-state index in [2.05, 4.69) is 15.0 Å². The molecule has 4 heteroatoms. The smallest absolute Gasteiger partial charge is 0.109 e. The fourth-order valence-corrected chi connectivity index (χ4v) is 2.79. The van der Waals surface area contributed by atoms with Gasteiger partial charge in [0.15, 0.2) is 0 Å². The minimum atomic E-state index is 0.358.